The predicted molar refractivity (Wildman–Crippen MR) is 120 cm³/mol. The Morgan fingerprint density at radius 3 is 2.19 bits per heavy atom. The minimum atomic E-state index is -0.428. The van der Waals surface area contributed by atoms with E-state index in [1.54, 1.807) is 17.0 Å². The number of amides is 2. The second kappa shape index (κ2) is 9.18. The molecule has 3 aromatic rings. The lowest BCUT2D eigenvalue weighted by Crippen LogP contribution is -2.51. The maximum absolute atomic E-state index is 13.4. The van der Waals surface area contributed by atoms with Crippen LogP contribution in [0.15, 0.2) is 71.3 Å². The largest absolute Gasteiger partial charge is 0.459 e. The van der Waals surface area contributed by atoms with Gasteiger partial charge in [0.1, 0.15) is 6.04 Å². The molecule has 2 amide bonds. The third-order valence-corrected chi connectivity index (χ3v) is 5.55. The third-order valence-electron chi connectivity index (χ3n) is 5.55. The molecule has 6 heteroatoms. The van der Waals surface area contributed by atoms with Crippen molar-refractivity contribution in [3.63, 3.8) is 0 Å². The minimum Gasteiger partial charge on any atom is -0.459 e. The predicted octanol–water partition coefficient (Wildman–Crippen LogP) is 4.03. The van der Waals surface area contributed by atoms with Crippen LogP contribution >= 0.6 is 0 Å². The lowest BCUT2D eigenvalue weighted by atomic mass is 10.0. The smallest absolute Gasteiger partial charge is 0.289 e. The molecule has 0 saturated carbocycles. The molecule has 0 aliphatic carbocycles. The van der Waals surface area contributed by atoms with Crippen molar-refractivity contribution in [2.45, 2.75) is 19.9 Å². The van der Waals surface area contributed by atoms with Crippen molar-refractivity contribution in [3.05, 3.63) is 89.4 Å². The minimum absolute atomic E-state index is 0.0676. The number of carbonyl (C=O) groups is 2. The van der Waals surface area contributed by atoms with E-state index in [0.717, 1.165) is 22.4 Å². The van der Waals surface area contributed by atoms with Crippen molar-refractivity contribution in [1.29, 1.82) is 0 Å². The first-order valence-corrected chi connectivity index (χ1v) is 10.5. The first-order valence-electron chi connectivity index (χ1n) is 10.5. The molecule has 1 aliphatic rings. The molecule has 1 saturated heterocycles. The normalized spacial score (nSPS) is 15.5. The topological polar surface area (TPSA) is 65.8 Å². The van der Waals surface area contributed by atoms with Gasteiger partial charge < -0.3 is 14.6 Å². The van der Waals surface area contributed by atoms with Gasteiger partial charge in [-0.15, -0.1) is 0 Å². The van der Waals surface area contributed by atoms with E-state index in [2.05, 4.69) is 16.3 Å². The highest BCUT2D eigenvalue weighted by atomic mass is 16.3. The Labute approximate surface area is 182 Å². The van der Waals surface area contributed by atoms with Crippen LogP contribution in [-0.2, 0) is 4.79 Å². The highest BCUT2D eigenvalue weighted by Crippen LogP contribution is 2.25. The second-order valence-electron chi connectivity index (χ2n) is 7.98. The summed E-state index contributed by atoms with van der Waals surface area (Å²) in [6, 6.07) is 18.8. The molecule has 4 rings (SSSR count). The van der Waals surface area contributed by atoms with Gasteiger partial charge in [-0.3, -0.25) is 14.5 Å². The average Bonchev–Trinajstić information content (AvgIpc) is 3.29. The molecule has 2 aromatic carbocycles. The molecule has 6 nitrogen and oxygen atoms in total. The summed E-state index contributed by atoms with van der Waals surface area (Å²) in [6.45, 7) is 6.33. The number of hydrogen-bond donors (Lipinski definition) is 1. The van der Waals surface area contributed by atoms with Gasteiger partial charge in [-0.05, 0) is 54.8 Å². The molecule has 0 spiro atoms. The van der Waals surface area contributed by atoms with Gasteiger partial charge >= 0.3 is 0 Å². The Morgan fingerprint density at radius 2 is 1.58 bits per heavy atom. The first kappa shape index (κ1) is 20.9. The second-order valence-corrected chi connectivity index (χ2v) is 7.98. The Morgan fingerprint density at radius 1 is 0.903 bits per heavy atom. The van der Waals surface area contributed by atoms with Gasteiger partial charge in [0.15, 0.2) is 5.76 Å². The first-order chi connectivity index (χ1) is 15.0. The van der Waals surface area contributed by atoms with Crippen LogP contribution in [0.3, 0.4) is 0 Å². The summed E-state index contributed by atoms with van der Waals surface area (Å²) in [5.41, 5.74) is 3.96. The van der Waals surface area contributed by atoms with Crippen molar-refractivity contribution < 1.29 is 14.0 Å². The number of nitrogens with one attached hydrogen (secondary N) is 1. The SMILES string of the molecule is Cc1cc(C)cc(NC(=O)[C@H](c2ccccc2)N2CCN(C(=O)c3ccco3)CC2)c1. The van der Waals surface area contributed by atoms with Crippen LogP contribution in [0.5, 0.6) is 0 Å². The maximum Gasteiger partial charge on any atom is 0.289 e. The zero-order valence-corrected chi connectivity index (χ0v) is 17.9. The van der Waals surface area contributed by atoms with Crippen molar-refractivity contribution in [2.24, 2.45) is 0 Å². The zero-order chi connectivity index (χ0) is 21.8. The fourth-order valence-corrected chi connectivity index (χ4v) is 4.16. The molecule has 0 radical (unpaired) electrons. The Kier molecular flexibility index (Phi) is 6.18. The maximum atomic E-state index is 13.4. The number of benzene rings is 2. The van der Waals surface area contributed by atoms with E-state index in [-0.39, 0.29) is 11.8 Å². The molecule has 1 aliphatic heterocycles. The molecule has 1 N–H and O–H groups in total. The van der Waals surface area contributed by atoms with Crippen molar-refractivity contribution >= 4 is 17.5 Å². The number of carbonyl (C=O) groups excluding carboxylic acids is 2. The van der Waals surface area contributed by atoms with Gasteiger partial charge in [0.05, 0.1) is 6.26 Å². The molecule has 0 bridgehead atoms. The summed E-state index contributed by atoms with van der Waals surface area (Å²) in [5.74, 6) is 0.170. The van der Waals surface area contributed by atoms with Gasteiger partial charge in [0.25, 0.3) is 5.91 Å². The molecule has 2 heterocycles. The quantitative estimate of drug-likeness (QED) is 0.681. The summed E-state index contributed by atoms with van der Waals surface area (Å²) in [4.78, 5) is 29.9. The highest BCUT2D eigenvalue weighted by molar-refractivity contribution is 5.96. The van der Waals surface area contributed by atoms with E-state index in [1.165, 1.54) is 6.26 Å². The van der Waals surface area contributed by atoms with E-state index in [4.69, 9.17) is 4.42 Å². The number of anilines is 1. The summed E-state index contributed by atoms with van der Waals surface area (Å²) >= 11 is 0. The lowest BCUT2D eigenvalue weighted by molar-refractivity contribution is -0.122. The molecule has 0 unspecified atom stereocenters. The van der Waals surface area contributed by atoms with E-state index in [9.17, 15) is 9.59 Å². The summed E-state index contributed by atoms with van der Waals surface area (Å²) in [7, 11) is 0. The Bertz CT molecular complexity index is 1020. The molecule has 31 heavy (non-hydrogen) atoms. The summed E-state index contributed by atoms with van der Waals surface area (Å²) < 4.78 is 5.25. The molecular weight excluding hydrogens is 390 g/mol. The van der Waals surface area contributed by atoms with E-state index in [0.29, 0.717) is 31.9 Å². The van der Waals surface area contributed by atoms with Gasteiger partial charge in [-0.25, -0.2) is 0 Å². The van der Waals surface area contributed by atoms with Crippen LogP contribution in [-0.4, -0.2) is 47.8 Å². The lowest BCUT2D eigenvalue weighted by Gasteiger charge is -2.38. The number of hydrogen-bond acceptors (Lipinski definition) is 4. The number of piperazine rings is 1. The van der Waals surface area contributed by atoms with Gasteiger partial charge in [0, 0.05) is 31.9 Å². The summed E-state index contributed by atoms with van der Waals surface area (Å²) in [6.07, 6.45) is 1.51. The third kappa shape index (κ3) is 4.86. The van der Waals surface area contributed by atoms with Crippen LogP contribution in [0.2, 0.25) is 0 Å². The van der Waals surface area contributed by atoms with E-state index >= 15 is 0 Å². The number of nitrogens with zero attached hydrogens (tertiary/aromatic N) is 2. The number of rotatable bonds is 5. The highest BCUT2D eigenvalue weighted by Gasteiger charge is 2.32. The van der Waals surface area contributed by atoms with Crippen LogP contribution in [0.4, 0.5) is 5.69 Å². The molecular formula is C25H27N3O3. The fraction of sp³-hybridized carbons (Fsp3) is 0.280. The monoisotopic (exact) mass is 417 g/mol. The number of furan rings is 1. The molecule has 160 valence electrons. The average molecular weight is 418 g/mol. The van der Waals surface area contributed by atoms with Crippen LogP contribution < -0.4 is 5.32 Å². The molecule has 1 atom stereocenters. The van der Waals surface area contributed by atoms with E-state index < -0.39 is 6.04 Å². The number of aryl methyl sites for hydroxylation is 2. The van der Waals surface area contributed by atoms with Gasteiger partial charge in [-0.1, -0.05) is 36.4 Å². The van der Waals surface area contributed by atoms with Gasteiger partial charge in [-0.2, -0.15) is 0 Å². The Hall–Kier alpha value is -3.38. The van der Waals surface area contributed by atoms with Crippen LogP contribution in [0.1, 0.15) is 33.3 Å². The van der Waals surface area contributed by atoms with Crippen LogP contribution in [0.25, 0.3) is 0 Å². The molecule has 1 aromatic heterocycles. The van der Waals surface area contributed by atoms with Crippen molar-refractivity contribution in [3.8, 4) is 0 Å². The van der Waals surface area contributed by atoms with Crippen molar-refractivity contribution in [2.75, 3.05) is 31.5 Å². The Balaban J connectivity index is 1.51. The van der Waals surface area contributed by atoms with E-state index in [1.807, 2.05) is 56.3 Å². The fourth-order valence-electron chi connectivity index (χ4n) is 4.16. The van der Waals surface area contributed by atoms with Gasteiger partial charge in [0.2, 0.25) is 5.91 Å². The molecule has 1 fully saturated rings. The summed E-state index contributed by atoms with van der Waals surface area (Å²) in [5, 5.41) is 3.10. The van der Waals surface area contributed by atoms with Crippen LogP contribution in [0, 0.1) is 13.8 Å². The van der Waals surface area contributed by atoms with Crippen molar-refractivity contribution in [1.82, 2.24) is 9.80 Å². The zero-order valence-electron chi connectivity index (χ0n) is 17.9. The standard InChI is InChI=1S/C25H27N3O3/c1-18-15-19(2)17-21(16-18)26-24(29)23(20-7-4-3-5-8-20)27-10-12-28(13-11-27)25(30)22-9-6-14-31-22/h3-9,14-17,23H,10-13H2,1-2H3,(H,26,29)/t23-/m0/s1.